The van der Waals surface area contributed by atoms with Gasteiger partial charge in [0, 0.05) is 22.4 Å². The van der Waals surface area contributed by atoms with Crippen LogP contribution in [0.15, 0.2) is 76.3 Å². The summed E-state index contributed by atoms with van der Waals surface area (Å²) in [5, 5.41) is 15.0. The molecule has 0 fully saturated rings. The summed E-state index contributed by atoms with van der Waals surface area (Å²) >= 11 is 3.45. The first-order valence-corrected chi connectivity index (χ1v) is 9.51. The average Bonchev–Trinajstić information content (AvgIpc) is 3.15. The van der Waals surface area contributed by atoms with Gasteiger partial charge in [-0.2, -0.15) is 5.10 Å². The SMILES string of the molecule is COc1ccc(C(O)Cn2ccn3nc(-c4cccc(Br)c4)cc3c2=O)cc1. The number of aromatic nitrogens is 3. The van der Waals surface area contributed by atoms with Crippen LogP contribution >= 0.6 is 15.9 Å². The summed E-state index contributed by atoms with van der Waals surface area (Å²) in [6.07, 6.45) is 2.55. The zero-order valence-corrected chi connectivity index (χ0v) is 16.7. The van der Waals surface area contributed by atoms with Crippen LogP contribution in [0.1, 0.15) is 11.7 Å². The molecule has 0 spiro atoms. The highest BCUT2D eigenvalue weighted by Gasteiger charge is 2.13. The van der Waals surface area contributed by atoms with Crippen LogP contribution < -0.4 is 10.3 Å². The van der Waals surface area contributed by atoms with Crippen molar-refractivity contribution in [2.75, 3.05) is 7.11 Å². The number of aliphatic hydroxyl groups is 1. The van der Waals surface area contributed by atoms with Gasteiger partial charge in [0.2, 0.25) is 0 Å². The molecule has 0 aliphatic rings. The molecule has 1 unspecified atom stereocenters. The minimum atomic E-state index is -0.807. The summed E-state index contributed by atoms with van der Waals surface area (Å²) in [5.41, 5.74) is 2.60. The number of aliphatic hydroxyl groups excluding tert-OH is 1. The Kier molecular flexibility index (Phi) is 5.02. The van der Waals surface area contributed by atoms with Gasteiger partial charge in [-0.25, -0.2) is 4.52 Å². The Morgan fingerprint density at radius 2 is 1.93 bits per heavy atom. The second-order valence-corrected chi connectivity index (χ2v) is 7.33. The van der Waals surface area contributed by atoms with Gasteiger partial charge < -0.3 is 14.4 Å². The minimum absolute atomic E-state index is 0.152. The molecule has 0 aliphatic carbocycles. The summed E-state index contributed by atoms with van der Waals surface area (Å²) < 4.78 is 9.14. The van der Waals surface area contributed by atoms with Gasteiger partial charge in [0.15, 0.2) is 0 Å². The van der Waals surface area contributed by atoms with E-state index in [4.69, 9.17) is 4.74 Å². The monoisotopic (exact) mass is 439 g/mol. The molecule has 1 N–H and O–H groups in total. The zero-order valence-electron chi connectivity index (χ0n) is 15.1. The predicted molar refractivity (Wildman–Crippen MR) is 111 cm³/mol. The third-order valence-electron chi connectivity index (χ3n) is 4.59. The normalized spacial score (nSPS) is 12.2. The van der Waals surface area contributed by atoms with E-state index < -0.39 is 6.10 Å². The van der Waals surface area contributed by atoms with Crippen molar-refractivity contribution in [2.24, 2.45) is 0 Å². The fourth-order valence-electron chi connectivity index (χ4n) is 3.08. The quantitative estimate of drug-likeness (QED) is 0.514. The number of hydrogen-bond donors (Lipinski definition) is 1. The number of fused-ring (bicyclic) bond motifs is 1. The van der Waals surface area contributed by atoms with E-state index in [1.165, 1.54) is 4.57 Å². The first-order valence-electron chi connectivity index (χ1n) is 8.72. The highest BCUT2D eigenvalue weighted by atomic mass is 79.9. The minimum Gasteiger partial charge on any atom is -0.497 e. The van der Waals surface area contributed by atoms with E-state index >= 15 is 0 Å². The Hall–Kier alpha value is -2.90. The maximum Gasteiger partial charge on any atom is 0.276 e. The van der Waals surface area contributed by atoms with Crippen molar-refractivity contribution in [3.05, 3.63) is 87.4 Å². The van der Waals surface area contributed by atoms with E-state index in [0.29, 0.717) is 17.0 Å². The molecule has 0 aliphatic heterocycles. The van der Waals surface area contributed by atoms with E-state index in [-0.39, 0.29) is 12.1 Å². The summed E-state index contributed by atoms with van der Waals surface area (Å²) in [6.45, 7) is 0.152. The number of ether oxygens (including phenoxy) is 1. The molecule has 0 bridgehead atoms. The molecule has 1 atom stereocenters. The first-order chi connectivity index (χ1) is 13.5. The van der Waals surface area contributed by atoms with Crippen molar-refractivity contribution in [2.45, 2.75) is 12.6 Å². The van der Waals surface area contributed by atoms with Crippen molar-refractivity contribution < 1.29 is 9.84 Å². The second kappa shape index (κ2) is 7.61. The zero-order chi connectivity index (χ0) is 19.7. The maximum absolute atomic E-state index is 12.9. The lowest BCUT2D eigenvalue weighted by molar-refractivity contribution is 0.155. The molecule has 2 aromatic heterocycles. The molecule has 0 saturated heterocycles. The van der Waals surface area contributed by atoms with Gasteiger partial charge in [-0.1, -0.05) is 40.2 Å². The van der Waals surface area contributed by atoms with Gasteiger partial charge in [0.05, 0.1) is 25.5 Å². The Morgan fingerprint density at radius 1 is 1.14 bits per heavy atom. The number of nitrogens with zero attached hydrogens (tertiary/aromatic N) is 3. The van der Waals surface area contributed by atoms with Crippen LogP contribution in [-0.4, -0.2) is 26.4 Å². The molecule has 4 rings (SSSR count). The standard InChI is InChI=1S/C21H18BrN3O3/c1-28-17-7-5-14(6-8-17)20(26)13-24-9-10-25-19(21(24)27)12-18(23-25)15-3-2-4-16(22)11-15/h2-12,20,26H,13H2,1H3. The van der Waals surface area contributed by atoms with E-state index in [0.717, 1.165) is 15.6 Å². The number of rotatable bonds is 5. The van der Waals surface area contributed by atoms with Gasteiger partial charge in [-0.05, 0) is 35.9 Å². The lowest BCUT2D eigenvalue weighted by Crippen LogP contribution is -2.24. The van der Waals surface area contributed by atoms with Crippen molar-refractivity contribution in [3.63, 3.8) is 0 Å². The molecular formula is C21H18BrN3O3. The highest BCUT2D eigenvalue weighted by molar-refractivity contribution is 9.10. The smallest absolute Gasteiger partial charge is 0.276 e. The largest absolute Gasteiger partial charge is 0.497 e. The van der Waals surface area contributed by atoms with Crippen molar-refractivity contribution in [3.8, 4) is 17.0 Å². The molecule has 6 nitrogen and oxygen atoms in total. The molecule has 28 heavy (non-hydrogen) atoms. The fraction of sp³-hybridized carbons (Fsp3) is 0.143. The molecule has 7 heteroatoms. The van der Waals surface area contributed by atoms with Crippen molar-refractivity contribution in [1.29, 1.82) is 0 Å². The molecule has 0 amide bonds. The maximum atomic E-state index is 12.9. The lowest BCUT2D eigenvalue weighted by Gasteiger charge is -2.13. The Labute approximate surface area is 169 Å². The van der Waals surface area contributed by atoms with Gasteiger partial charge >= 0.3 is 0 Å². The van der Waals surface area contributed by atoms with Gasteiger partial charge in [0.1, 0.15) is 11.3 Å². The van der Waals surface area contributed by atoms with Crippen LogP contribution in [-0.2, 0) is 6.54 Å². The average molecular weight is 440 g/mol. The summed E-state index contributed by atoms with van der Waals surface area (Å²) in [7, 11) is 1.59. The highest BCUT2D eigenvalue weighted by Crippen LogP contribution is 2.23. The molecule has 0 saturated carbocycles. The van der Waals surface area contributed by atoms with Crippen LogP contribution in [0, 0.1) is 0 Å². The van der Waals surface area contributed by atoms with Gasteiger partial charge in [0.25, 0.3) is 5.56 Å². The van der Waals surface area contributed by atoms with Crippen LogP contribution in [0.4, 0.5) is 0 Å². The number of halogens is 1. The molecule has 0 radical (unpaired) electrons. The van der Waals surface area contributed by atoms with E-state index in [1.54, 1.807) is 54.4 Å². The Morgan fingerprint density at radius 3 is 2.64 bits per heavy atom. The fourth-order valence-corrected chi connectivity index (χ4v) is 3.48. The molecule has 4 aromatic rings. The van der Waals surface area contributed by atoms with Crippen LogP contribution in [0.3, 0.4) is 0 Å². The van der Waals surface area contributed by atoms with Gasteiger partial charge in [-0.15, -0.1) is 0 Å². The van der Waals surface area contributed by atoms with Crippen LogP contribution in [0.5, 0.6) is 5.75 Å². The van der Waals surface area contributed by atoms with Crippen molar-refractivity contribution in [1.82, 2.24) is 14.2 Å². The lowest BCUT2D eigenvalue weighted by atomic mass is 10.1. The van der Waals surface area contributed by atoms with E-state index in [1.807, 2.05) is 24.3 Å². The Balaban J connectivity index is 1.64. The summed E-state index contributed by atoms with van der Waals surface area (Å²) in [4.78, 5) is 12.9. The third kappa shape index (κ3) is 3.58. The molecule has 2 heterocycles. The van der Waals surface area contributed by atoms with Crippen LogP contribution in [0.2, 0.25) is 0 Å². The predicted octanol–water partition coefficient (Wildman–Crippen LogP) is 3.67. The third-order valence-corrected chi connectivity index (χ3v) is 5.09. The topological polar surface area (TPSA) is 68.8 Å². The summed E-state index contributed by atoms with van der Waals surface area (Å²) in [6, 6.07) is 16.7. The Bertz CT molecular complexity index is 1180. The molecular weight excluding hydrogens is 422 g/mol. The van der Waals surface area contributed by atoms with Crippen LogP contribution in [0.25, 0.3) is 16.8 Å². The first kappa shape index (κ1) is 18.5. The van der Waals surface area contributed by atoms with E-state index in [9.17, 15) is 9.90 Å². The number of benzene rings is 2. The van der Waals surface area contributed by atoms with Crippen molar-refractivity contribution >= 4 is 21.4 Å². The summed E-state index contributed by atoms with van der Waals surface area (Å²) in [5.74, 6) is 0.717. The number of methoxy groups -OCH3 is 1. The second-order valence-electron chi connectivity index (χ2n) is 6.41. The van der Waals surface area contributed by atoms with E-state index in [2.05, 4.69) is 21.0 Å². The molecule has 2 aromatic carbocycles. The van der Waals surface area contributed by atoms with Gasteiger partial charge in [-0.3, -0.25) is 4.79 Å². The number of hydrogen-bond acceptors (Lipinski definition) is 4. The molecule has 142 valence electrons.